The van der Waals surface area contributed by atoms with E-state index in [1.54, 1.807) is 23.9 Å². The molecule has 0 aliphatic carbocycles. The van der Waals surface area contributed by atoms with E-state index in [1.165, 1.54) is 0 Å². The maximum absolute atomic E-state index is 12.8. The highest BCUT2D eigenvalue weighted by Crippen LogP contribution is 2.23. The van der Waals surface area contributed by atoms with Gasteiger partial charge in [-0.1, -0.05) is 42.5 Å². The summed E-state index contributed by atoms with van der Waals surface area (Å²) >= 11 is 0. The van der Waals surface area contributed by atoms with Crippen LogP contribution in [0.5, 0.6) is 17.2 Å². The molecular weight excluding hydrogens is 494 g/mol. The van der Waals surface area contributed by atoms with Crippen LogP contribution in [0.1, 0.15) is 23.1 Å². The third-order valence-corrected chi connectivity index (χ3v) is 6.71. The number of ether oxygens (including phenoxy) is 2. The number of carbonyl (C=O) groups excluding carboxylic acids is 3. The van der Waals surface area contributed by atoms with Gasteiger partial charge < -0.3 is 24.6 Å². The summed E-state index contributed by atoms with van der Waals surface area (Å²) < 4.78 is 11.8. The number of benzene rings is 3. The molecule has 3 amide bonds. The third-order valence-electron chi connectivity index (χ3n) is 6.71. The van der Waals surface area contributed by atoms with Gasteiger partial charge in [0, 0.05) is 40.2 Å². The summed E-state index contributed by atoms with van der Waals surface area (Å²) in [7, 11) is 3.50. The van der Waals surface area contributed by atoms with E-state index in [-0.39, 0.29) is 30.7 Å². The van der Waals surface area contributed by atoms with Gasteiger partial charge >= 0.3 is 0 Å². The number of para-hydroxylation sites is 1. The molecule has 3 aromatic rings. The minimum Gasteiger partial charge on any atom is -0.483 e. The van der Waals surface area contributed by atoms with Gasteiger partial charge in [-0.15, -0.1) is 0 Å². The lowest BCUT2D eigenvalue weighted by Crippen LogP contribution is -2.38. The number of nitrogens with one attached hydrogen (secondary N) is 1. The van der Waals surface area contributed by atoms with E-state index >= 15 is 0 Å². The zero-order chi connectivity index (χ0) is 27.6. The number of hydrogen-bond acceptors (Lipinski definition) is 5. The van der Waals surface area contributed by atoms with Crippen LogP contribution in [0.2, 0.25) is 0 Å². The predicted molar refractivity (Wildman–Crippen MR) is 149 cm³/mol. The molecule has 2 heterocycles. The van der Waals surface area contributed by atoms with Crippen molar-refractivity contribution in [3.8, 4) is 17.2 Å². The van der Waals surface area contributed by atoms with Crippen LogP contribution in [0.25, 0.3) is 0 Å². The summed E-state index contributed by atoms with van der Waals surface area (Å²) in [6, 6.07) is 22.7. The van der Waals surface area contributed by atoms with Gasteiger partial charge in [0.15, 0.2) is 6.61 Å². The lowest BCUT2D eigenvalue weighted by atomic mass is 10.1. The lowest BCUT2D eigenvalue weighted by molar-refractivity contribution is -0.133. The minimum absolute atomic E-state index is 0.0167. The highest BCUT2D eigenvalue weighted by atomic mass is 16.5. The first-order valence-corrected chi connectivity index (χ1v) is 13.2. The molecule has 8 heteroatoms. The van der Waals surface area contributed by atoms with Crippen molar-refractivity contribution >= 4 is 17.7 Å². The first-order valence-electron chi connectivity index (χ1n) is 13.2. The van der Waals surface area contributed by atoms with Gasteiger partial charge in [-0.05, 0) is 59.9 Å². The fourth-order valence-electron chi connectivity index (χ4n) is 4.26. The van der Waals surface area contributed by atoms with Gasteiger partial charge in [0.2, 0.25) is 11.8 Å². The highest BCUT2D eigenvalue weighted by molar-refractivity contribution is 5.79. The monoisotopic (exact) mass is 529 g/mol. The topological polar surface area (TPSA) is 88.2 Å². The van der Waals surface area contributed by atoms with Crippen molar-refractivity contribution in [2.24, 2.45) is 0 Å². The molecule has 0 spiro atoms. The van der Waals surface area contributed by atoms with E-state index in [2.05, 4.69) is 5.32 Å². The average molecular weight is 530 g/mol. The summed E-state index contributed by atoms with van der Waals surface area (Å²) in [5, 5.41) is 2.90. The lowest BCUT2D eigenvalue weighted by Gasteiger charge is -2.23. The van der Waals surface area contributed by atoms with Crippen LogP contribution >= 0.6 is 0 Å². The van der Waals surface area contributed by atoms with Crippen molar-refractivity contribution in [1.29, 1.82) is 0 Å². The number of fused-ring (bicyclic) bond motifs is 15. The van der Waals surface area contributed by atoms with E-state index in [9.17, 15) is 14.4 Å². The van der Waals surface area contributed by atoms with Crippen molar-refractivity contribution in [2.45, 2.75) is 25.7 Å². The Morgan fingerprint density at radius 2 is 1.46 bits per heavy atom. The molecule has 8 nitrogen and oxygen atoms in total. The highest BCUT2D eigenvalue weighted by Gasteiger charge is 2.15. The maximum atomic E-state index is 12.8. The second-order valence-corrected chi connectivity index (χ2v) is 9.70. The molecule has 0 aromatic heterocycles. The molecule has 0 atom stereocenters. The molecule has 2 aliphatic heterocycles. The molecule has 0 saturated heterocycles. The van der Waals surface area contributed by atoms with Crippen LogP contribution in [-0.4, -0.2) is 67.9 Å². The van der Waals surface area contributed by atoms with Crippen molar-refractivity contribution in [3.05, 3.63) is 89.5 Å². The van der Waals surface area contributed by atoms with Crippen LogP contribution in [0.4, 0.5) is 0 Å². The Bertz CT molecular complexity index is 1290. The quantitative estimate of drug-likeness (QED) is 0.481. The Hall–Kier alpha value is -4.33. The molecule has 39 heavy (non-hydrogen) atoms. The number of nitrogens with zero attached hydrogens (tertiary/aromatic N) is 2. The maximum Gasteiger partial charge on any atom is 0.257 e. The fraction of sp³-hybridized carbons (Fsp3) is 0.323. The van der Waals surface area contributed by atoms with Crippen LogP contribution in [0.15, 0.2) is 72.8 Å². The molecule has 0 fully saturated rings. The van der Waals surface area contributed by atoms with E-state index < -0.39 is 0 Å². The number of likely N-dealkylation sites (N-methyl/N-ethyl adjacent to an activating group) is 2. The SMILES string of the molecule is CN1CCN(C)C(=O)Cc2ccc(cc2)Oc2cccc(c2)CCNC(=O)COc2ccccc2CCC1=O. The standard InChI is InChI=1S/C31H35N3O5/c1-33-18-19-34(2)31(37)21-24-10-13-26(14-11-24)39-27-8-5-6-23(20-27)16-17-32-29(35)22-38-28-9-4-3-7-25(28)12-15-30(33)36/h3-11,13-14,20H,12,15-19,21-22H2,1-2H3,(H,32,35). The molecule has 0 saturated carbocycles. The Morgan fingerprint density at radius 1 is 0.718 bits per heavy atom. The van der Waals surface area contributed by atoms with E-state index in [0.29, 0.717) is 56.1 Å². The van der Waals surface area contributed by atoms with Gasteiger partial charge in [0.25, 0.3) is 5.91 Å². The summed E-state index contributed by atoms with van der Waals surface area (Å²) in [4.78, 5) is 41.2. The Labute approximate surface area is 229 Å². The number of rotatable bonds is 0. The number of hydrogen-bond donors (Lipinski definition) is 1. The summed E-state index contributed by atoms with van der Waals surface area (Å²) in [5.41, 5.74) is 2.79. The third kappa shape index (κ3) is 8.33. The van der Waals surface area contributed by atoms with Gasteiger partial charge in [0.1, 0.15) is 17.2 Å². The zero-order valence-corrected chi connectivity index (χ0v) is 22.5. The minimum atomic E-state index is -0.211. The summed E-state index contributed by atoms with van der Waals surface area (Å²) in [6.07, 6.45) is 1.70. The first kappa shape index (κ1) is 27.7. The van der Waals surface area contributed by atoms with Crippen LogP contribution < -0.4 is 14.8 Å². The van der Waals surface area contributed by atoms with Gasteiger partial charge in [-0.2, -0.15) is 0 Å². The normalized spacial score (nSPS) is 16.3. The van der Waals surface area contributed by atoms with Crippen LogP contribution in [-0.2, 0) is 33.6 Å². The molecule has 2 aliphatic rings. The number of amides is 3. The van der Waals surface area contributed by atoms with Gasteiger partial charge in [-0.25, -0.2) is 0 Å². The molecular formula is C31H35N3O5. The van der Waals surface area contributed by atoms with Gasteiger partial charge in [-0.3, -0.25) is 14.4 Å². The van der Waals surface area contributed by atoms with E-state index in [0.717, 1.165) is 16.7 Å². The Balaban J connectivity index is 1.47. The summed E-state index contributed by atoms with van der Waals surface area (Å²) in [5.74, 6) is 1.72. The molecule has 5 rings (SSSR count). The smallest absolute Gasteiger partial charge is 0.257 e. The Morgan fingerprint density at radius 3 is 2.26 bits per heavy atom. The Kier molecular flexibility index (Phi) is 9.56. The molecule has 1 N–H and O–H groups in total. The van der Waals surface area contributed by atoms with Crippen molar-refractivity contribution in [3.63, 3.8) is 0 Å². The molecule has 0 unspecified atom stereocenters. The molecule has 204 valence electrons. The average Bonchev–Trinajstić information content (AvgIpc) is 2.94. The molecule has 4 bridgehead atoms. The van der Waals surface area contributed by atoms with E-state index in [1.807, 2.05) is 72.8 Å². The second-order valence-electron chi connectivity index (χ2n) is 9.70. The number of aryl methyl sites for hydroxylation is 1. The second kappa shape index (κ2) is 13.5. The molecule has 0 radical (unpaired) electrons. The van der Waals surface area contributed by atoms with Crippen molar-refractivity contribution in [1.82, 2.24) is 15.1 Å². The van der Waals surface area contributed by atoms with Crippen LogP contribution in [0.3, 0.4) is 0 Å². The van der Waals surface area contributed by atoms with E-state index in [4.69, 9.17) is 9.47 Å². The van der Waals surface area contributed by atoms with Gasteiger partial charge in [0.05, 0.1) is 6.42 Å². The van der Waals surface area contributed by atoms with Crippen molar-refractivity contribution < 1.29 is 23.9 Å². The zero-order valence-electron chi connectivity index (χ0n) is 22.5. The fourth-order valence-corrected chi connectivity index (χ4v) is 4.26. The van der Waals surface area contributed by atoms with Crippen molar-refractivity contribution in [2.75, 3.05) is 40.3 Å². The molecule has 3 aromatic carbocycles. The first-order chi connectivity index (χ1) is 18.9. The predicted octanol–water partition coefficient (Wildman–Crippen LogP) is 3.62. The van der Waals surface area contributed by atoms with Crippen LogP contribution in [0, 0.1) is 0 Å². The number of carbonyl (C=O) groups is 3. The summed E-state index contributed by atoms with van der Waals surface area (Å²) in [6.45, 7) is 1.23. The largest absolute Gasteiger partial charge is 0.483 e.